The molecule has 2 aromatic carbocycles. The van der Waals surface area contributed by atoms with E-state index in [1.807, 2.05) is 42.5 Å². The zero-order chi connectivity index (χ0) is 23.7. The van der Waals surface area contributed by atoms with Crippen LogP contribution in [0.2, 0.25) is 0 Å². The van der Waals surface area contributed by atoms with Crippen LogP contribution in [-0.4, -0.2) is 53.8 Å². The molecule has 0 aliphatic carbocycles. The highest BCUT2D eigenvalue weighted by atomic mass is 16.2. The van der Waals surface area contributed by atoms with Crippen LogP contribution in [0.15, 0.2) is 54.6 Å². The molecule has 3 saturated heterocycles. The standard InChI is InChI=1S/C26H28N4O4/c31-22-10-5-13-30(22)21-9-4-8-19(16-21)23(32)29-14-11-20(12-15-29)26(24(33)27-25(34)28-26)17-18-6-2-1-3-7-18/h1-4,6-9,16,20H,5,10-15,17H2,(H2,27,28,33,34)/t26-/m0/s1. The summed E-state index contributed by atoms with van der Waals surface area (Å²) in [6.07, 6.45) is 3.00. The van der Waals surface area contributed by atoms with Crippen LogP contribution in [0, 0.1) is 5.92 Å². The maximum atomic E-state index is 13.2. The van der Waals surface area contributed by atoms with Gasteiger partial charge in [-0.05, 0) is 48.9 Å². The molecule has 8 heteroatoms. The van der Waals surface area contributed by atoms with Crippen LogP contribution in [0.25, 0.3) is 0 Å². The van der Waals surface area contributed by atoms with Crippen molar-refractivity contribution in [2.45, 2.75) is 37.6 Å². The highest BCUT2D eigenvalue weighted by Crippen LogP contribution is 2.34. The van der Waals surface area contributed by atoms with E-state index in [0.717, 1.165) is 17.7 Å². The minimum absolute atomic E-state index is 0.0797. The Bertz CT molecular complexity index is 1130. The van der Waals surface area contributed by atoms with Crippen molar-refractivity contribution in [3.8, 4) is 0 Å². The predicted molar refractivity (Wildman–Crippen MR) is 126 cm³/mol. The monoisotopic (exact) mass is 460 g/mol. The lowest BCUT2D eigenvalue weighted by Gasteiger charge is -2.40. The van der Waals surface area contributed by atoms with Crippen LogP contribution < -0.4 is 15.5 Å². The number of anilines is 1. The second kappa shape index (κ2) is 8.93. The minimum atomic E-state index is -1.01. The average Bonchev–Trinajstić information content (AvgIpc) is 3.41. The summed E-state index contributed by atoms with van der Waals surface area (Å²) in [7, 11) is 0. The maximum absolute atomic E-state index is 13.2. The van der Waals surface area contributed by atoms with Gasteiger partial charge in [-0.25, -0.2) is 4.79 Å². The summed E-state index contributed by atoms with van der Waals surface area (Å²) >= 11 is 0. The number of nitrogens with zero attached hydrogens (tertiary/aromatic N) is 2. The van der Waals surface area contributed by atoms with Gasteiger partial charge in [-0.1, -0.05) is 36.4 Å². The van der Waals surface area contributed by atoms with Gasteiger partial charge in [0, 0.05) is 43.7 Å². The quantitative estimate of drug-likeness (QED) is 0.670. The molecule has 3 heterocycles. The summed E-state index contributed by atoms with van der Waals surface area (Å²) in [4.78, 5) is 53.9. The normalized spacial score (nSPS) is 23.2. The Morgan fingerprint density at radius 2 is 1.74 bits per heavy atom. The molecule has 8 nitrogen and oxygen atoms in total. The number of hydrogen-bond acceptors (Lipinski definition) is 4. The van der Waals surface area contributed by atoms with Crippen LogP contribution in [0.4, 0.5) is 10.5 Å². The molecule has 0 bridgehead atoms. The molecule has 5 rings (SSSR count). The zero-order valence-electron chi connectivity index (χ0n) is 19.0. The van der Waals surface area contributed by atoms with Crippen molar-refractivity contribution in [1.82, 2.24) is 15.5 Å². The Labute approximate surface area is 198 Å². The molecule has 2 aromatic rings. The molecular weight excluding hydrogens is 432 g/mol. The Morgan fingerprint density at radius 1 is 0.971 bits per heavy atom. The summed E-state index contributed by atoms with van der Waals surface area (Å²) in [6.45, 7) is 1.67. The highest BCUT2D eigenvalue weighted by molar-refractivity contribution is 6.07. The molecule has 0 spiro atoms. The topological polar surface area (TPSA) is 98.8 Å². The molecular formula is C26H28N4O4. The van der Waals surface area contributed by atoms with E-state index in [1.165, 1.54) is 0 Å². The Kier molecular flexibility index (Phi) is 5.81. The number of carbonyl (C=O) groups excluding carboxylic acids is 4. The number of imide groups is 1. The molecule has 2 N–H and O–H groups in total. The van der Waals surface area contributed by atoms with E-state index in [2.05, 4.69) is 10.6 Å². The van der Waals surface area contributed by atoms with E-state index in [1.54, 1.807) is 21.9 Å². The van der Waals surface area contributed by atoms with Gasteiger partial charge in [0.2, 0.25) is 5.91 Å². The second-order valence-electron chi connectivity index (χ2n) is 9.31. The Balaban J connectivity index is 1.30. The number of rotatable bonds is 5. The van der Waals surface area contributed by atoms with Crippen molar-refractivity contribution in [2.75, 3.05) is 24.5 Å². The van der Waals surface area contributed by atoms with Crippen LogP contribution in [0.5, 0.6) is 0 Å². The van der Waals surface area contributed by atoms with Crippen molar-refractivity contribution in [1.29, 1.82) is 0 Å². The van der Waals surface area contributed by atoms with Gasteiger partial charge in [-0.2, -0.15) is 0 Å². The van der Waals surface area contributed by atoms with Gasteiger partial charge in [-0.15, -0.1) is 0 Å². The largest absolute Gasteiger partial charge is 0.339 e. The van der Waals surface area contributed by atoms with E-state index in [-0.39, 0.29) is 23.6 Å². The molecule has 0 aromatic heterocycles. The summed E-state index contributed by atoms with van der Waals surface area (Å²) in [5.41, 5.74) is 1.28. The second-order valence-corrected chi connectivity index (χ2v) is 9.31. The van der Waals surface area contributed by atoms with Crippen LogP contribution in [-0.2, 0) is 16.0 Å². The fourth-order valence-corrected chi connectivity index (χ4v) is 5.47. The van der Waals surface area contributed by atoms with Crippen molar-refractivity contribution in [3.63, 3.8) is 0 Å². The molecule has 176 valence electrons. The molecule has 1 atom stereocenters. The smallest absolute Gasteiger partial charge is 0.322 e. The third-order valence-electron chi connectivity index (χ3n) is 7.25. The van der Waals surface area contributed by atoms with Gasteiger partial charge in [0.1, 0.15) is 5.54 Å². The van der Waals surface area contributed by atoms with Crippen LogP contribution >= 0.6 is 0 Å². The van der Waals surface area contributed by atoms with Crippen molar-refractivity contribution in [3.05, 3.63) is 65.7 Å². The van der Waals surface area contributed by atoms with Crippen molar-refractivity contribution >= 4 is 29.4 Å². The van der Waals surface area contributed by atoms with Crippen molar-refractivity contribution < 1.29 is 19.2 Å². The summed E-state index contributed by atoms with van der Waals surface area (Å²) in [6, 6.07) is 16.4. The maximum Gasteiger partial charge on any atom is 0.322 e. The molecule has 0 unspecified atom stereocenters. The molecule has 5 amide bonds. The highest BCUT2D eigenvalue weighted by Gasteiger charge is 2.52. The fourth-order valence-electron chi connectivity index (χ4n) is 5.47. The van der Waals surface area contributed by atoms with E-state index < -0.39 is 11.6 Å². The number of likely N-dealkylation sites (tertiary alicyclic amines) is 1. The number of amides is 5. The number of urea groups is 1. The molecule has 3 aliphatic heterocycles. The molecule has 0 saturated carbocycles. The molecule has 0 radical (unpaired) electrons. The van der Waals surface area contributed by atoms with Gasteiger partial charge < -0.3 is 15.1 Å². The minimum Gasteiger partial charge on any atom is -0.339 e. The first-order valence-corrected chi connectivity index (χ1v) is 11.8. The van der Waals surface area contributed by atoms with Crippen LogP contribution in [0.1, 0.15) is 41.6 Å². The lowest BCUT2D eigenvalue weighted by Crippen LogP contribution is -2.57. The van der Waals surface area contributed by atoms with E-state index >= 15 is 0 Å². The van der Waals surface area contributed by atoms with Gasteiger partial charge in [0.25, 0.3) is 11.8 Å². The average molecular weight is 461 g/mol. The zero-order valence-corrected chi connectivity index (χ0v) is 19.0. The third kappa shape index (κ3) is 4.04. The molecule has 3 fully saturated rings. The fraction of sp³-hybridized carbons (Fsp3) is 0.385. The first kappa shape index (κ1) is 22.1. The summed E-state index contributed by atoms with van der Waals surface area (Å²) in [5, 5.41) is 5.33. The summed E-state index contributed by atoms with van der Waals surface area (Å²) in [5.74, 6) is -0.374. The summed E-state index contributed by atoms with van der Waals surface area (Å²) < 4.78 is 0. The van der Waals surface area contributed by atoms with E-state index in [4.69, 9.17) is 0 Å². The third-order valence-corrected chi connectivity index (χ3v) is 7.25. The van der Waals surface area contributed by atoms with Gasteiger partial charge in [-0.3, -0.25) is 19.7 Å². The number of nitrogens with one attached hydrogen (secondary N) is 2. The van der Waals surface area contributed by atoms with Crippen molar-refractivity contribution in [2.24, 2.45) is 5.92 Å². The van der Waals surface area contributed by atoms with Crippen LogP contribution in [0.3, 0.4) is 0 Å². The van der Waals surface area contributed by atoms with Gasteiger partial charge in [0.05, 0.1) is 0 Å². The predicted octanol–water partition coefficient (Wildman–Crippen LogP) is 2.49. The van der Waals surface area contributed by atoms with E-state index in [9.17, 15) is 19.2 Å². The van der Waals surface area contributed by atoms with Gasteiger partial charge >= 0.3 is 6.03 Å². The lowest BCUT2D eigenvalue weighted by atomic mass is 9.74. The SMILES string of the molecule is O=C1NC(=O)[C@](Cc2ccccc2)(C2CCN(C(=O)c3cccc(N4CCCC4=O)c3)CC2)N1. The first-order chi connectivity index (χ1) is 16.5. The molecule has 34 heavy (non-hydrogen) atoms. The Morgan fingerprint density at radius 3 is 2.38 bits per heavy atom. The molecule has 3 aliphatic rings. The number of benzene rings is 2. The number of hydrogen-bond donors (Lipinski definition) is 2. The lowest BCUT2D eigenvalue weighted by molar-refractivity contribution is -0.126. The van der Waals surface area contributed by atoms with Gasteiger partial charge in [0.15, 0.2) is 0 Å². The van der Waals surface area contributed by atoms with E-state index in [0.29, 0.717) is 50.9 Å². The number of piperidine rings is 1. The number of carbonyl (C=O) groups is 4. The first-order valence-electron chi connectivity index (χ1n) is 11.8. The Hall–Kier alpha value is -3.68.